The van der Waals surface area contributed by atoms with Gasteiger partial charge >= 0.3 is 0 Å². The van der Waals surface area contributed by atoms with Crippen LogP contribution >= 0.6 is 0 Å². The molecule has 0 aliphatic carbocycles. The van der Waals surface area contributed by atoms with Crippen LogP contribution < -0.4 is 10.1 Å². The molecule has 1 aromatic rings. The quantitative estimate of drug-likeness (QED) is 0.819. The lowest BCUT2D eigenvalue weighted by atomic mass is 10.2. The van der Waals surface area contributed by atoms with E-state index in [1.54, 1.807) is 19.1 Å². The second-order valence-electron chi connectivity index (χ2n) is 4.88. The summed E-state index contributed by atoms with van der Waals surface area (Å²) in [4.78, 5) is 11.6. The minimum atomic E-state index is -3.62. The van der Waals surface area contributed by atoms with Gasteiger partial charge in [0, 0.05) is 20.6 Å². The Morgan fingerprint density at radius 3 is 2.57 bits per heavy atom. The zero-order valence-electron chi connectivity index (χ0n) is 12.8. The maximum atomic E-state index is 12.3. The van der Waals surface area contributed by atoms with Crippen molar-refractivity contribution in [1.29, 1.82) is 0 Å². The van der Waals surface area contributed by atoms with E-state index in [0.29, 0.717) is 6.54 Å². The van der Waals surface area contributed by atoms with E-state index in [2.05, 4.69) is 5.32 Å². The summed E-state index contributed by atoms with van der Waals surface area (Å²) in [7, 11) is -0.711. The number of ether oxygens (including phenoxy) is 1. The van der Waals surface area contributed by atoms with Crippen LogP contribution in [0.15, 0.2) is 23.1 Å². The van der Waals surface area contributed by atoms with Crippen molar-refractivity contribution in [3.05, 3.63) is 23.8 Å². The summed E-state index contributed by atoms with van der Waals surface area (Å²) in [5, 5.41) is 2.67. The minimum Gasteiger partial charge on any atom is -0.482 e. The van der Waals surface area contributed by atoms with Gasteiger partial charge in [0.2, 0.25) is 10.0 Å². The highest BCUT2D eigenvalue weighted by Gasteiger charge is 2.22. The standard InChI is InChI=1S/C14H22N2O4S/c1-5-8-15-14(17)10-20-12-7-6-11(2)9-13(12)21(18,19)16(3)4/h6-7,9H,5,8,10H2,1-4H3,(H,15,17). The van der Waals surface area contributed by atoms with Crippen LogP contribution in [0, 0.1) is 6.92 Å². The molecule has 0 aliphatic rings. The average molecular weight is 314 g/mol. The Morgan fingerprint density at radius 2 is 2.00 bits per heavy atom. The average Bonchev–Trinajstić information content (AvgIpc) is 2.43. The van der Waals surface area contributed by atoms with Gasteiger partial charge in [0.1, 0.15) is 10.6 Å². The highest BCUT2D eigenvalue weighted by molar-refractivity contribution is 7.89. The number of nitrogens with one attached hydrogen (secondary N) is 1. The lowest BCUT2D eigenvalue weighted by Crippen LogP contribution is -2.30. The highest BCUT2D eigenvalue weighted by atomic mass is 32.2. The van der Waals surface area contributed by atoms with Crippen LogP contribution in [0.5, 0.6) is 5.75 Å². The molecule has 0 fully saturated rings. The normalized spacial score (nSPS) is 11.5. The molecule has 7 heteroatoms. The van der Waals surface area contributed by atoms with Crippen LogP contribution in [0.3, 0.4) is 0 Å². The van der Waals surface area contributed by atoms with E-state index in [1.807, 2.05) is 6.92 Å². The molecule has 118 valence electrons. The van der Waals surface area contributed by atoms with Gasteiger partial charge in [0.15, 0.2) is 6.61 Å². The molecule has 0 heterocycles. The van der Waals surface area contributed by atoms with Gasteiger partial charge in [0.05, 0.1) is 0 Å². The van der Waals surface area contributed by atoms with Crippen LogP contribution in [-0.4, -0.2) is 45.9 Å². The van der Waals surface area contributed by atoms with Gasteiger partial charge < -0.3 is 10.1 Å². The van der Waals surface area contributed by atoms with Gasteiger partial charge in [0.25, 0.3) is 5.91 Å². The number of carbonyl (C=O) groups is 1. The highest BCUT2D eigenvalue weighted by Crippen LogP contribution is 2.26. The van der Waals surface area contributed by atoms with E-state index in [9.17, 15) is 13.2 Å². The molecule has 21 heavy (non-hydrogen) atoms. The lowest BCUT2D eigenvalue weighted by molar-refractivity contribution is -0.123. The summed E-state index contributed by atoms with van der Waals surface area (Å²) in [5.74, 6) is -0.0911. The second kappa shape index (κ2) is 7.42. The third kappa shape index (κ3) is 4.71. The van der Waals surface area contributed by atoms with Crippen molar-refractivity contribution in [2.75, 3.05) is 27.2 Å². The Kier molecular flexibility index (Phi) is 6.17. The predicted molar refractivity (Wildman–Crippen MR) is 80.8 cm³/mol. The molecule has 6 nitrogen and oxygen atoms in total. The van der Waals surface area contributed by atoms with E-state index >= 15 is 0 Å². The number of benzene rings is 1. The Labute approximate surface area is 126 Å². The largest absolute Gasteiger partial charge is 0.482 e. The number of nitrogens with zero attached hydrogens (tertiary/aromatic N) is 1. The number of amides is 1. The number of aryl methyl sites for hydroxylation is 1. The van der Waals surface area contributed by atoms with Crippen molar-refractivity contribution in [2.45, 2.75) is 25.2 Å². The Bertz CT molecular complexity index is 597. The monoisotopic (exact) mass is 314 g/mol. The second-order valence-corrected chi connectivity index (χ2v) is 7.00. The zero-order chi connectivity index (χ0) is 16.0. The third-order valence-electron chi connectivity index (χ3n) is 2.79. The minimum absolute atomic E-state index is 0.0655. The van der Waals surface area contributed by atoms with Gasteiger partial charge in [-0.05, 0) is 31.0 Å². The van der Waals surface area contributed by atoms with Crippen molar-refractivity contribution in [3.63, 3.8) is 0 Å². The summed E-state index contributed by atoms with van der Waals surface area (Å²) >= 11 is 0. The number of hydrogen-bond acceptors (Lipinski definition) is 4. The molecule has 0 saturated heterocycles. The molecule has 0 saturated carbocycles. The molecule has 0 radical (unpaired) electrons. The molecule has 0 atom stereocenters. The molecule has 0 aromatic heterocycles. The summed E-state index contributed by atoms with van der Waals surface area (Å²) in [6.07, 6.45) is 0.830. The molecular formula is C14H22N2O4S. The first-order chi connectivity index (χ1) is 9.78. The summed E-state index contributed by atoms with van der Waals surface area (Å²) < 4.78 is 31.0. The topological polar surface area (TPSA) is 75.7 Å². The van der Waals surface area contributed by atoms with E-state index in [-0.39, 0.29) is 23.2 Å². The maximum absolute atomic E-state index is 12.3. The molecule has 1 N–H and O–H groups in total. The smallest absolute Gasteiger partial charge is 0.257 e. The fourth-order valence-corrected chi connectivity index (χ4v) is 2.70. The predicted octanol–water partition coefficient (Wildman–Crippen LogP) is 1.15. The van der Waals surface area contributed by atoms with Gasteiger partial charge in [-0.3, -0.25) is 4.79 Å². The van der Waals surface area contributed by atoms with Crippen molar-refractivity contribution in [1.82, 2.24) is 9.62 Å². The summed E-state index contributed by atoms with van der Waals surface area (Å²) in [6, 6.07) is 4.85. The van der Waals surface area contributed by atoms with E-state index in [1.165, 1.54) is 20.2 Å². The van der Waals surface area contributed by atoms with Gasteiger partial charge in [-0.2, -0.15) is 0 Å². The van der Waals surface area contributed by atoms with Crippen LogP contribution in [-0.2, 0) is 14.8 Å². The molecule has 0 unspecified atom stereocenters. The molecule has 1 rings (SSSR count). The van der Waals surface area contributed by atoms with Crippen molar-refractivity contribution >= 4 is 15.9 Å². The summed E-state index contributed by atoms with van der Waals surface area (Å²) in [5.41, 5.74) is 0.804. The van der Waals surface area contributed by atoms with Gasteiger partial charge in [-0.15, -0.1) is 0 Å². The fourth-order valence-electron chi connectivity index (χ4n) is 1.59. The first-order valence-corrected chi connectivity index (χ1v) is 8.15. The van der Waals surface area contributed by atoms with Crippen molar-refractivity contribution in [2.24, 2.45) is 0 Å². The van der Waals surface area contributed by atoms with Crippen molar-refractivity contribution < 1.29 is 17.9 Å². The van der Waals surface area contributed by atoms with Gasteiger partial charge in [-0.25, -0.2) is 12.7 Å². The number of rotatable bonds is 7. The fraction of sp³-hybridized carbons (Fsp3) is 0.500. The van der Waals surface area contributed by atoms with Crippen LogP contribution in [0.2, 0.25) is 0 Å². The van der Waals surface area contributed by atoms with E-state index in [4.69, 9.17) is 4.74 Å². The Morgan fingerprint density at radius 1 is 1.33 bits per heavy atom. The molecule has 0 bridgehead atoms. The van der Waals surface area contributed by atoms with Crippen LogP contribution in [0.1, 0.15) is 18.9 Å². The third-order valence-corrected chi connectivity index (χ3v) is 4.63. The number of sulfonamides is 1. The first-order valence-electron chi connectivity index (χ1n) is 6.71. The molecule has 1 amide bonds. The maximum Gasteiger partial charge on any atom is 0.257 e. The molecule has 0 aliphatic heterocycles. The van der Waals surface area contributed by atoms with E-state index < -0.39 is 10.0 Å². The molecule has 1 aromatic carbocycles. The molecule has 0 spiro atoms. The van der Waals surface area contributed by atoms with E-state index in [0.717, 1.165) is 16.3 Å². The number of hydrogen-bond donors (Lipinski definition) is 1. The molecular weight excluding hydrogens is 292 g/mol. The Hall–Kier alpha value is -1.60. The van der Waals surface area contributed by atoms with Crippen LogP contribution in [0.25, 0.3) is 0 Å². The Balaban J connectivity index is 2.96. The van der Waals surface area contributed by atoms with Crippen molar-refractivity contribution in [3.8, 4) is 5.75 Å². The van der Waals surface area contributed by atoms with Gasteiger partial charge in [-0.1, -0.05) is 13.0 Å². The summed E-state index contributed by atoms with van der Waals surface area (Å²) in [6.45, 7) is 4.10. The first kappa shape index (κ1) is 17.5. The number of carbonyl (C=O) groups excluding carboxylic acids is 1. The SMILES string of the molecule is CCCNC(=O)COc1ccc(C)cc1S(=O)(=O)N(C)C. The zero-order valence-corrected chi connectivity index (χ0v) is 13.7. The van der Waals surface area contributed by atoms with Crippen LogP contribution in [0.4, 0.5) is 0 Å². The lowest BCUT2D eigenvalue weighted by Gasteiger charge is -2.16.